The summed E-state index contributed by atoms with van der Waals surface area (Å²) in [7, 11) is -3.21. The van der Waals surface area contributed by atoms with Gasteiger partial charge in [0.15, 0.2) is 0 Å². The number of sulfonamides is 1. The Morgan fingerprint density at radius 3 is 2.41 bits per heavy atom. The van der Waals surface area contributed by atoms with Crippen LogP contribution in [0.5, 0.6) is 0 Å². The summed E-state index contributed by atoms with van der Waals surface area (Å²) in [5.74, 6) is -0.438. The molecule has 2 heterocycles. The standard InChI is InChI=1S/C29H27BClFN2O6S/c1-33-29(35)27-22-14-21(16-3-4-16)24(15-26(22)39-28(27)17-5-7-18(32)8-6-17)34(41(2,37)38)19-9-10-20(23(31)13-19)25-11-12-30(36)40-25/h5-10,13-16,25,36H,3-4,11-12H2,1-2H3,(H,33,35). The Hall–Kier alpha value is -3.38. The molecule has 1 aliphatic heterocycles. The molecule has 1 saturated carbocycles. The second kappa shape index (κ2) is 10.5. The number of hydrogen-bond donors (Lipinski definition) is 2. The highest BCUT2D eigenvalue weighted by Gasteiger charge is 2.35. The molecule has 0 bridgehead atoms. The normalized spacial score (nSPS) is 17.3. The number of carbonyl (C=O) groups excluding carboxylic acids is 1. The monoisotopic (exact) mass is 596 g/mol. The van der Waals surface area contributed by atoms with Crippen LogP contribution in [0.3, 0.4) is 0 Å². The topological polar surface area (TPSA) is 109 Å². The zero-order chi connectivity index (χ0) is 29.1. The smallest absolute Gasteiger partial charge is 0.454 e. The van der Waals surface area contributed by atoms with Gasteiger partial charge >= 0.3 is 7.12 Å². The van der Waals surface area contributed by atoms with E-state index in [1.165, 1.54) is 35.6 Å². The summed E-state index contributed by atoms with van der Waals surface area (Å²) >= 11 is 6.63. The van der Waals surface area contributed by atoms with Crippen molar-refractivity contribution in [2.75, 3.05) is 17.6 Å². The molecule has 1 aromatic heterocycles. The first-order chi connectivity index (χ1) is 19.5. The molecule has 1 atom stereocenters. The molecule has 3 aromatic carbocycles. The molecule has 0 spiro atoms. The van der Waals surface area contributed by atoms with Gasteiger partial charge in [0.1, 0.15) is 17.2 Å². The van der Waals surface area contributed by atoms with Gasteiger partial charge in [-0.05, 0) is 85.1 Å². The number of nitrogens with one attached hydrogen (secondary N) is 1. The van der Waals surface area contributed by atoms with Gasteiger partial charge in [-0.3, -0.25) is 4.79 Å². The van der Waals surface area contributed by atoms with E-state index in [0.29, 0.717) is 56.8 Å². The minimum absolute atomic E-state index is 0.100. The van der Waals surface area contributed by atoms with Gasteiger partial charge in [0.05, 0.1) is 29.3 Å². The lowest BCUT2D eigenvalue weighted by atomic mass is 9.87. The van der Waals surface area contributed by atoms with Crippen LogP contribution >= 0.6 is 11.6 Å². The SMILES string of the molecule is CNC(=O)c1c(-c2ccc(F)cc2)oc2cc(N(c3ccc(C4CCB(O)O4)c(Cl)c3)S(C)(=O)=O)c(C3CC3)cc12. The maximum absolute atomic E-state index is 13.7. The van der Waals surface area contributed by atoms with Crippen molar-refractivity contribution in [3.63, 3.8) is 0 Å². The number of benzene rings is 3. The van der Waals surface area contributed by atoms with E-state index in [2.05, 4.69) is 5.32 Å². The predicted octanol–water partition coefficient (Wildman–Crippen LogP) is 6.17. The van der Waals surface area contributed by atoms with Crippen LogP contribution in [0, 0.1) is 5.82 Å². The van der Waals surface area contributed by atoms with Gasteiger partial charge in [0, 0.05) is 29.1 Å². The van der Waals surface area contributed by atoms with Gasteiger partial charge in [0.2, 0.25) is 10.0 Å². The Balaban J connectivity index is 1.53. The van der Waals surface area contributed by atoms with Crippen LogP contribution in [0.4, 0.5) is 15.8 Å². The molecule has 1 aliphatic carbocycles. The van der Waals surface area contributed by atoms with Crippen LogP contribution < -0.4 is 9.62 Å². The van der Waals surface area contributed by atoms with Crippen molar-refractivity contribution >= 4 is 57.0 Å². The molecule has 0 radical (unpaired) electrons. The molecular weight excluding hydrogens is 570 g/mol. The molecule has 2 N–H and O–H groups in total. The molecular formula is C29H27BClFN2O6S. The largest absolute Gasteiger partial charge is 0.455 e. The number of anilines is 2. The second-order valence-electron chi connectivity index (χ2n) is 10.5. The minimum Gasteiger partial charge on any atom is -0.455 e. The van der Waals surface area contributed by atoms with Gasteiger partial charge in [0.25, 0.3) is 5.91 Å². The minimum atomic E-state index is -3.87. The summed E-state index contributed by atoms with van der Waals surface area (Å²) < 4.78 is 53.3. The maximum atomic E-state index is 13.7. The highest BCUT2D eigenvalue weighted by atomic mass is 35.5. The third-order valence-corrected chi connectivity index (χ3v) is 8.93. The van der Waals surface area contributed by atoms with Crippen molar-refractivity contribution in [3.8, 4) is 11.3 Å². The predicted molar refractivity (Wildman–Crippen MR) is 157 cm³/mol. The van der Waals surface area contributed by atoms with Crippen LogP contribution in [0.2, 0.25) is 11.3 Å². The molecule has 212 valence electrons. The van der Waals surface area contributed by atoms with Crippen LogP contribution in [-0.2, 0) is 14.7 Å². The Kier molecular flexibility index (Phi) is 7.09. The van der Waals surface area contributed by atoms with E-state index in [-0.39, 0.29) is 23.7 Å². The van der Waals surface area contributed by atoms with Crippen LogP contribution in [-0.4, -0.2) is 39.8 Å². The molecule has 41 heavy (non-hydrogen) atoms. The van der Waals surface area contributed by atoms with E-state index in [1.54, 1.807) is 24.3 Å². The third kappa shape index (κ3) is 5.23. The Bertz CT molecular complexity index is 1770. The highest BCUT2D eigenvalue weighted by molar-refractivity contribution is 7.92. The van der Waals surface area contributed by atoms with Crippen molar-refractivity contribution < 1.29 is 31.7 Å². The molecule has 4 aromatic rings. The number of fused-ring (bicyclic) bond motifs is 1. The molecule has 2 aliphatic rings. The fourth-order valence-electron chi connectivity index (χ4n) is 5.46. The zero-order valence-electron chi connectivity index (χ0n) is 22.4. The Labute approximate surface area is 242 Å². The van der Waals surface area contributed by atoms with E-state index in [1.807, 2.05) is 6.07 Å². The lowest BCUT2D eigenvalue weighted by Gasteiger charge is -2.26. The number of rotatable bonds is 7. The van der Waals surface area contributed by atoms with E-state index < -0.39 is 23.0 Å². The molecule has 12 heteroatoms. The average Bonchev–Trinajstić information content (AvgIpc) is 3.58. The lowest BCUT2D eigenvalue weighted by Crippen LogP contribution is -2.26. The first-order valence-electron chi connectivity index (χ1n) is 13.3. The first kappa shape index (κ1) is 27.8. The molecule has 1 amide bonds. The molecule has 8 nitrogen and oxygen atoms in total. The van der Waals surface area contributed by atoms with Crippen LogP contribution in [0.1, 0.15) is 52.8 Å². The lowest BCUT2D eigenvalue weighted by molar-refractivity contribution is 0.0964. The summed E-state index contributed by atoms with van der Waals surface area (Å²) in [5, 5.41) is 13.3. The highest BCUT2D eigenvalue weighted by Crippen LogP contribution is 2.50. The number of furan rings is 1. The number of nitrogens with zero attached hydrogens (tertiary/aromatic N) is 1. The van der Waals surface area contributed by atoms with Crippen molar-refractivity contribution in [3.05, 3.63) is 82.1 Å². The van der Waals surface area contributed by atoms with Gasteiger partial charge in [-0.25, -0.2) is 17.1 Å². The number of carbonyl (C=O) groups is 1. The molecule has 1 unspecified atom stereocenters. The summed E-state index contributed by atoms with van der Waals surface area (Å²) in [5.41, 5.74) is 3.29. The number of halogens is 2. The summed E-state index contributed by atoms with van der Waals surface area (Å²) in [6, 6.07) is 14.1. The maximum Gasteiger partial charge on any atom is 0.454 e. The van der Waals surface area contributed by atoms with Gasteiger partial charge in [-0.2, -0.15) is 0 Å². The number of amides is 1. The van der Waals surface area contributed by atoms with Crippen molar-refractivity contribution in [2.24, 2.45) is 0 Å². The van der Waals surface area contributed by atoms with E-state index in [4.69, 9.17) is 20.7 Å². The summed E-state index contributed by atoms with van der Waals surface area (Å²) in [4.78, 5) is 13.1. The number of hydrogen-bond acceptors (Lipinski definition) is 6. The van der Waals surface area contributed by atoms with Gasteiger partial charge in [-0.15, -0.1) is 0 Å². The van der Waals surface area contributed by atoms with Crippen LogP contribution in [0.15, 0.2) is 59.0 Å². The van der Waals surface area contributed by atoms with E-state index in [0.717, 1.165) is 24.7 Å². The molecule has 6 rings (SSSR count). The molecule has 2 fully saturated rings. The fraction of sp³-hybridized carbons (Fsp3) is 0.276. The summed E-state index contributed by atoms with van der Waals surface area (Å²) in [6.07, 6.45) is 3.57. The van der Waals surface area contributed by atoms with Gasteiger partial charge < -0.3 is 19.4 Å². The van der Waals surface area contributed by atoms with Crippen LogP contribution in [0.25, 0.3) is 22.3 Å². The zero-order valence-corrected chi connectivity index (χ0v) is 23.9. The van der Waals surface area contributed by atoms with E-state index >= 15 is 0 Å². The summed E-state index contributed by atoms with van der Waals surface area (Å²) in [6.45, 7) is 0. The second-order valence-corrected chi connectivity index (χ2v) is 12.7. The van der Waals surface area contributed by atoms with E-state index in [9.17, 15) is 22.6 Å². The fourth-order valence-corrected chi connectivity index (χ4v) is 6.77. The molecule has 1 saturated heterocycles. The van der Waals surface area contributed by atoms with Gasteiger partial charge in [-0.1, -0.05) is 17.7 Å². The Morgan fingerprint density at radius 1 is 1.10 bits per heavy atom. The quantitative estimate of drug-likeness (QED) is 0.247. The average molecular weight is 597 g/mol. The van der Waals surface area contributed by atoms with Crippen molar-refractivity contribution in [1.29, 1.82) is 0 Å². The first-order valence-corrected chi connectivity index (χ1v) is 15.5. The van der Waals surface area contributed by atoms with Crippen molar-refractivity contribution in [1.82, 2.24) is 5.32 Å². The van der Waals surface area contributed by atoms with Crippen molar-refractivity contribution in [2.45, 2.75) is 37.6 Å². The third-order valence-electron chi connectivity index (χ3n) is 7.53. The Morgan fingerprint density at radius 2 is 1.83 bits per heavy atom.